The first-order chi connectivity index (χ1) is 8.00. The van der Waals surface area contributed by atoms with E-state index in [0.29, 0.717) is 21.1 Å². The van der Waals surface area contributed by atoms with E-state index in [1.165, 1.54) is 6.07 Å². The largest absolute Gasteiger partial charge is 0.480 e. The Bertz CT molecular complexity index is 582. The highest BCUT2D eigenvalue weighted by atomic mass is 79.9. The Hall–Kier alpha value is -1.40. The number of rotatable bonds is 3. The van der Waals surface area contributed by atoms with Crippen LogP contribution in [0.15, 0.2) is 22.8 Å². The molecule has 0 aliphatic carbocycles. The fourth-order valence-corrected chi connectivity index (χ4v) is 2.29. The molecule has 0 spiro atoms. The van der Waals surface area contributed by atoms with Crippen LogP contribution in [0.3, 0.4) is 0 Å². The number of hydrogen-bond acceptors (Lipinski definition) is 2. The van der Waals surface area contributed by atoms with Gasteiger partial charge in [-0.25, -0.2) is 4.39 Å². The van der Waals surface area contributed by atoms with Crippen LogP contribution in [0.1, 0.15) is 5.56 Å². The van der Waals surface area contributed by atoms with E-state index in [0.717, 1.165) is 0 Å². The molecule has 1 atom stereocenters. The molecule has 0 fully saturated rings. The number of halogens is 2. The summed E-state index contributed by atoms with van der Waals surface area (Å²) in [6.45, 7) is 0. The van der Waals surface area contributed by atoms with E-state index in [4.69, 9.17) is 10.8 Å². The molecule has 2 rings (SSSR count). The summed E-state index contributed by atoms with van der Waals surface area (Å²) in [6.07, 6.45) is 0.138. The smallest absolute Gasteiger partial charge is 0.320 e. The van der Waals surface area contributed by atoms with Gasteiger partial charge in [-0.2, -0.15) is 0 Å². The minimum absolute atomic E-state index is 0.138. The number of nitrogens with two attached hydrogens (primary N) is 1. The van der Waals surface area contributed by atoms with Gasteiger partial charge in [-0.05, 0) is 27.6 Å². The van der Waals surface area contributed by atoms with Gasteiger partial charge in [-0.1, -0.05) is 12.1 Å². The summed E-state index contributed by atoms with van der Waals surface area (Å²) in [7, 11) is 0. The monoisotopic (exact) mass is 300 g/mol. The molecule has 1 heterocycles. The molecule has 90 valence electrons. The number of hydrogen-bond donors (Lipinski definition) is 3. The van der Waals surface area contributed by atoms with E-state index >= 15 is 0 Å². The van der Waals surface area contributed by atoms with Gasteiger partial charge < -0.3 is 15.8 Å². The van der Waals surface area contributed by atoms with E-state index in [-0.39, 0.29) is 12.2 Å². The highest BCUT2D eigenvalue weighted by molar-refractivity contribution is 9.10. The molecule has 0 amide bonds. The quantitative estimate of drug-likeness (QED) is 0.811. The number of carbonyl (C=O) groups is 1. The number of nitrogens with one attached hydrogen (secondary N) is 1. The van der Waals surface area contributed by atoms with Crippen LogP contribution < -0.4 is 5.73 Å². The summed E-state index contributed by atoms with van der Waals surface area (Å²) in [5.74, 6) is -1.46. The van der Waals surface area contributed by atoms with Crippen LogP contribution in [0.5, 0.6) is 0 Å². The summed E-state index contributed by atoms with van der Waals surface area (Å²) in [5.41, 5.74) is 6.51. The standard InChI is InChI=1S/C11H10BrFN2O2/c12-10-6(4-8(14)11(16)17)5-2-1-3-7(13)9(5)15-10/h1-3,8,15H,4,14H2,(H,16,17). The number of H-pyrrole nitrogens is 1. The van der Waals surface area contributed by atoms with E-state index in [1.54, 1.807) is 12.1 Å². The van der Waals surface area contributed by atoms with Crippen molar-refractivity contribution in [2.75, 3.05) is 0 Å². The molecule has 0 saturated carbocycles. The second kappa shape index (κ2) is 4.46. The summed E-state index contributed by atoms with van der Waals surface area (Å²) < 4.78 is 14.0. The van der Waals surface area contributed by atoms with Crippen molar-refractivity contribution in [2.45, 2.75) is 12.5 Å². The third-order valence-electron chi connectivity index (χ3n) is 2.58. The summed E-state index contributed by atoms with van der Waals surface area (Å²) in [5, 5.41) is 9.42. The SMILES string of the molecule is NC(Cc1c(Br)[nH]c2c(F)cccc12)C(=O)O. The zero-order valence-electron chi connectivity index (χ0n) is 8.71. The normalized spacial score (nSPS) is 12.9. The Morgan fingerprint density at radius 2 is 2.29 bits per heavy atom. The lowest BCUT2D eigenvalue weighted by atomic mass is 10.1. The number of aromatic amines is 1. The van der Waals surface area contributed by atoms with Crippen LogP contribution in [0.2, 0.25) is 0 Å². The van der Waals surface area contributed by atoms with Gasteiger partial charge in [-0.3, -0.25) is 4.79 Å². The van der Waals surface area contributed by atoms with Crippen LogP contribution in [-0.4, -0.2) is 22.1 Å². The highest BCUT2D eigenvalue weighted by Crippen LogP contribution is 2.28. The Balaban J connectivity index is 2.50. The number of benzene rings is 1. The van der Waals surface area contributed by atoms with Crippen LogP contribution in [0, 0.1) is 5.82 Å². The minimum Gasteiger partial charge on any atom is -0.480 e. The van der Waals surface area contributed by atoms with Gasteiger partial charge in [0.15, 0.2) is 0 Å². The van der Waals surface area contributed by atoms with Gasteiger partial charge >= 0.3 is 5.97 Å². The van der Waals surface area contributed by atoms with E-state index < -0.39 is 12.0 Å². The number of aliphatic carboxylic acids is 1. The maximum absolute atomic E-state index is 13.5. The molecule has 17 heavy (non-hydrogen) atoms. The van der Waals surface area contributed by atoms with Crippen molar-refractivity contribution < 1.29 is 14.3 Å². The number of fused-ring (bicyclic) bond motifs is 1. The Labute approximate surface area is 105 Å². The molecule has 1 aromatic heterocycles. The molecule has 0 aliphatic heterocycles. The lowest BCUT2D eigenvalue weighted by Crippen LogP contribution is -2.32. The van der Waals surface area contributed by atoms with E-state index in [9.17, 15) is 9.18 Å². The average molecular weight is 301 g/mol. The summed E-state index contributed by atoms with van der Waals surface area (Å²) in [4.78, 5) is 13.5. The predicted molar refractivity (Wildman–Crippen MR) is 65.3 cm³/mol. The van der Waals surface area contributed by atoms with Crippen molar-refractivity contribution in [2.24, 2.45) is 5.73 Å². The molecule has 0 radical (unpaired) electrons. The summed E-state index contributed by atoms with van der Waals surface area (Å²) in [6, 6.07) is 3.64. The van der Waals surface area contributed by atoms with Crippen molar-refractivity contribution in [3.63, 3.8) is 0 Å². The lowest BCUT2D eigenvalue weighted by molar-refractivity contribution is -0.138. The molecule has 0 bridgehead atoms. The fraction of sp³-hybridized carbons (Fsp3) is 0.182. The first kappa shape index (κ1) is 12.1. The van der Waals surface area contributed by atoms with Crippen molar-refractivity contribution in [3.05, 3.63) is 34.2 Å². The lowest BCUT2D eigenvalue weighted by Gasteiger charge is -2.05. The predicted octanol–water partition coefficient (Wildman–Crippen LogP) is 2.02. The first-order valence-electron chi connectivity index (χ1n) is 4.93. The molecular formula is C11H10BrFN2O2. The second-order valence-electron chi connectivity index (χ2n) is 3.73. The Kier molecular flexibility index (Phi) is 3.17. The zero-order valence-corrected chi connectivity index (χ0v) is 10.3. The third-order valence-corrected chi connectivity index (χ3v) is 3.26. The molecular weight excluding hydrogens is 291 g/mol. The fourth-order valence-electron chi connectivity index (χ4n) is 1.71. The van der Waals surface area contributed by atoms with Gasteiger partial charge in [0.25, 0.3) is 0 Å². The molecule has 0 aliphatic rings. The topological polar surface area (TPSA) is 79.1 Å². The van der Waals surface area contributed by atoms with Gasteiger partial charge in [0.1, 0.15) is 11.9 Å². The van der Waals surface area contributed by atoms with Gasteiger partial charge in [0, 0.05) is 11.8 Å². The van der Waals surface area contributed by atoms with Crippen LogP contribution in [0.4, 0.5) is 4.39 Å². The van der Waals surface area contributed by atoms with E-state index in [2.05, 4.69) is 20.9 Å². The summed E-state index contributed by atoms with van der Waals surface area (Å²) >= 11 is 3.25. The second-order valence-corrected chi connectivity index (χ2v) is 4.52. The number of carboxylic acids is 1. The maximum atomic E-state index is 13.5. The third kappa shape index (κ3) is 2.18. The van der Waals surface area contributed by atoms with E-state index in [1.807, 2.05) is 0 Å². The molecule has 1 aromatic carbocycles. The molecule has 4 nitrogen and oxygen atoms in total. The molecule has 0 saturated heterocycles. The van der Waals surface area contributed by atoms with Crippen molar-refractivity contribution in [3.8, 4) is 0 Å². The highest BCUT2D eigenvalue weighted by Gasteiger charge is 2.18. The van der Waals surface area contributed by atoms with Gasteiger partial charge in [-0.15, -0.1) is 0 Å². The number of carboxylic acid groups (broad SMARTS) is 1. The first-order valence-corrected chi connectivity index (χ1v) is 5.73. The average Bonchev–Trinajstić information content (AvgIpc) is 2.58. The Morgan fingerprint density at radius 3 is 2.94 bits per heavy atom. The van der Waals surface area contributed by atoms with Crippen LogP contribution >= 0.6 is 15.9 Å². The molecule has 1 unspecified atom stereocenters. The molecule has 6 heteroatoms. The molecule has 4 N–H and O–H groups in total. The van der Waals surface area contributed by atoms with Crippen molar-refractivity contribution >= 4 is 32.8 Å². The van der Waals surface area contributed by atoms with Crippen LogP contribution in [0.25, 0.3) is 10.9 Å². The minimum atomic E-state index is -1.08. The van der Waals surface area contributed by atoms with Gasteiger partial charge in [0.05, 0.1) is 10.1 Å². The Morgan fingerprint density at radius 1 is 1.59 bits per heavy atom. The maximum Gasteiger partial charge on any atom is 0.320 e. The number of para-hydroxylation sites is 1. The van der Waals surface area contributed by atoms with Crippen molar-refractivity contribution in [1.82, 2.24) is 4.98 Å². The zero-order chi connectivity index (χ0) is 12.6. The van der Waals surface area contributed by atoms with Crippen LogP contribution in [-0.2, 0) is 11.2 Å². The molecule has 2 aromatic rings. The number of aromatic nitrogens is 1. The van der Waals surface area contributed by atoms with Gasteiger partial charge in [0.2, 0.25) is 0 Å². The van der Waals surface area contributed by atoms with Crippen molar-refractivity contribution in [1.29, 1.82) is 0 Å².